The molecule has 28 heavy (non-hydrogen) atoms. The summed E-state index contributed by atoms with van der Waals surface area (Å²) in [5.41, 5.74) is 1.92. The lowest BCUT2D eigenvalue weighted by Crippen LogP contribution is -2.17. The molecule has 1 aromatic heterocycles. The quantitative estimate of drug-likeness (QED) is 0.474. The molecule has 0 spiro atoms. The van der Waals surface area contributed by atoms with E-state index in [9.17, 15) is 9.18 Å². The molecule has 0 bridgehead atoms. The summed E-state index contributed by atoms with van der Waals surface area (Å²) in [5.74, 6) is -0.0888. The average molecular weight is 440 g/mol. The molecule has 0 saturated heterocycles. The van der Waals surface area contributed by atoms with Crippen LogP contribution < -0.4 is 10.6 Å². The molecule has 0 saturated carbocycles. The summed E-state index contributed by atoms with van der Waals surface area (Å²) in [6.07, 6.45) is 1.22. The van der Waals surface area contributed by atoms with Crippen LogP contribution in [0.5, 0.6) is 0 Å². The number of amides is 1. The number of rotatable bonds is 6. The van der Waals surface area contributed by atoms with E-state index in [0.29, 0.717) is 32.7 Å². The van der Waals surface area contributed by atoms with Crippen molar-refractivity contribution in [3.05, 3.63) is 75.1 Å². The number of hydrogen-bond acceptors (Lipinski definition) is 4. The number of anilines is 3. The normalized spacial score (nSPS) is 10.6. The molecule has 3 aromatic rings. The molecule has 5 nitrogen and oxygen atoms in total. The highest BCUT2D eigenvalue weighted by Gasteiger charge is 2.16. The summed E-state index contributed by atoms with van der Waals surface area (Å²) in [5, 5.41) is 6.57. The fraction of sp³-hybridized carbons (Fsp3) is 0.105. The summed E-state index contributed by atoms with van der Waals surface area (Å²) >= 11 is 18.4. The number of nitrogens with one attached hydrogen (secondary N) is 2. The lowest BCUT2D eigenvalue weighted by molar-refractivity contribution is -0.115. The van der Waals surface area contributed by atoms with Crippen LogP contribution in [0.4, 0.5) is 21.6 Å². The van der Waals surface area contributed by atoms with Crippen molar-refractivity contribution in [1.82, 2.24) is 9.97 Å². The molecule has 1 amide bonds. The molecule has 3 rings (SSSR count). The smallest absolute Gasteiger partial charge is 0.229 e. The zero-order valence-electron chi connectivity index (χ0n) is 14.3. The zero-order chi connectivity index (χ0) is 20.1. The summed E-state index contributed by atoms with van der Waals surface area (Å²) in [6, 6.07) is 11.7. The van der Waals surface area contributed by atoms with Crippen molar-refractivity contribution in [1.29, 1.82) is 0 Å². The SMILES string of the molecule is O=C(Cc1c(Cl)cccc1Cl)Nc1c(Cl)ncnc1Nc1ccc(CF)cc1. The molecule has 0 aliphatic rings. The first-order valence-corrected chi connectivity index (χ1v) is 9.26. The second-order valence-corrected chi connectivity index (χ2v) is 6.94. The predicted molar refractivity (Wildman–Crippen MR) is 110 cm³/mol. The van der Waals surface area contributed by atoms with Gasteiger partial charge in [0.1, 0.15) is 18.7 Å². The van der Waals surface area contributed by atoms with Gasteiger partial charge in [-0.25, -0.2) is 14.4 Å². The van der Waals surface area contributed by atoms with E-state index in [1.807, 2.05) is 0 Å². The second-order valence-electron chi connectivity index (χ2n) is 5.77. The molecule has 2 aromatic carbocycles. The third-order valence-corrected chi connectivity index (χ3v) is 4.83. The molecule has 144 valence electrons. The van der Waals surface area contributed by atoms with Gasteiger partial charge in [-0.15, -0.1) is 0 Å². The Hall–Kier alpha value is -2.41. The largest absolute Gasteiger partial charge is 0.338 e. The minimum absolute atomic E-state index is 0.0473. The highest BCUT2D eigenvalue weighted by molar-refractivity contribution is 6.36. The van der Waals surface area contributed by atoms with Gasteiger partial charge in [-0.1, -0.05) is 53.0 Å². The molecule has 0 radical (unpaired) electrons. The number of hydrogen-bond donors (Lipinski definition) is 2. The molecule has 0 aliphatic carbocycles. The second kappa shape index (κ2) is 9.19. The minimum Gasteiger partial charge on any atom is -0.338 e. The lowest BCUT2D eigenvalue weighted by atomic mass is 10.1. The zero-order valence-corrected chi connectivity index (χ0v) is 16.6. The molecule has 0 aliphatic heterocycles. The van der Waals surface area contributed by atoms with Crippen LogP contribution in [0.25, 0.3) is 0 Å². The first-order valence-electron chi connectivity index (χ1n) is 8.13. The van der Waals surface area contributed by atoms with Gasteiger partial charge in [0, 0.05) is 15.7 Å². The van der Waals surface area contributed by atoms with Crippen LogP contribution in [-0.2, 0) is 17.9 Å². The van der Waals surface area contributed by atoms with Crippen molar-refractivity contribution in [3.63, 3.8) is 0 Å². The highest BCUT2D eigenvalue weighted by Crippen LogP contribution is 2.30. The van der Waals surface area contributed by atoms with Crippen LogP contribution in [0.15, 0.2) is 48.8 Å². The maximum Gasteiger partial charge on any atom is 0.229 e. The Kier molecular flexibility index (Phi) is 6.67. The van der Waals surface area contributed by atoms with Crippen molar-refractivity contribution in [2.75, 3.05) is 10.6 Å². The summed E-state index contributed by atoms with van der Waals surface area (Å²) in [6.45, 7) is -0.550. The van der Waals surface area contributed by atoms with Crippen LogP contribution in [-0.4, -0.2) is 15.9 Å². The maximum absolute atomic E-state index is 12.7. The number of carbonyl (C=O) groups excluding carboxylic acids is 1. The minimum atomic E-state index is -0.550. The van der Waals surface area contributed by atoms with Crippen molar-refractivity contribution >= 4 is 57.9 Å². The predicted octanol–water partition coefficient (Wildman–Crippen LogP) is 5.83. The molecule has 1 heterocycles. The Morgan fingerprint density at radius 3 is 2.32 bits per heavy atom. The van der Waals surface area contributed by atoms with E-state index < -0.39 is 6.67 Å². The number of nitrogens with zero attached hydrogens (tertiary/aromatic N) is 2. The van der Waals surface area contributed by atoms with E-state index in [1.165, 1.54) is 6.33 Å². The van der Waals surface area contributed by atoms with Crippen molar-refractivity contribution in [3.8, 4) is 0 Å². The molecule has 2 N–H and O–H groups in total. The lowest BCUT2D eigenvalue weighted by Gasteiger charge is -2.14. The van der Waals surface area contributed by atoms with E-state index in [2.05, 4.69) is 20.6 Å². The van der Waals surface area contributed by atoms with Gasteiger partial charge in [-0.2, -0.15) is 0 Å². The summed E-state index contributed by atoms with van der Waals surface area (Å²) in [7, 11) is 0. The van der Waals surface area contributed by atoms with Gasteiger partial charge in [0.05, 0.1) is 6.42 Å². The summed E-state index contributed by atoms with van der Waals surface area (Å²) < 4.78 is 12.7. The number of halogens is 4. The van der Waals surface area contributed by atoms with Gasteiger partial charge in [0.25, 0.3) is 0 Å². The molecular weight excluding hydrogens is 426 g/mol. The Balaban J connectivity index is 1.80. The van der Waals surface area contributed by atoms with Crippen molar-refractivity contribution in [2.45, 2.75) is 13.1 Å². The number of aromatic nitrogens is 2. The van der Waals surface area contributed by atoms with E-state index in [-0.39, 0.29) is 23.2 Å². The van der Waals surface area contributed by atoms with E-state index in [0.717, 1.165) is 0 Å². The first kappa shape index (κ1) is 20.3. The van der Waals surface area contributed by atoms with Gasteiger partial charge in [-0.05, 0) is 35.4 Å². The van der Waals surface area contributed by atoms with Crippen LogP contribution >= 0.6 is 34.8 Å². The van der Waals surface area contributed by atoms with E-state index in [4.69, 9.17) is 34.8 Å². The third-order valence-electron chi connectivity index (χ3n) is 3.84. The molecular formula is C19H14Cl3FN4O. The number of carbonyl (C=O) groups is 1. The fourth-order valence-electron chi connectivity index (χ4n) is 2.43. The highest BCUT2D eigenvalue weighted by atomic mass is 35.5. The van der Waals surface area contributed by atoms with Gasteiger partial charge in [0.2, 0.25) is 5.91 Å². The number of benzene rings is 2. The topological polar surface area (TPSA) is 66.9 Å². The van der Waals surface area contributed by atoms with Gasteiger partial charge in [-0.3, -0.25) is 4.79 Å². The maximum atomic E-state index is 12.7. The van der Waals surface area contributed by atoms with Crippen LogP contribution in [0.3, 0.4) is 0 Å². The Morgan fingerprint density at radius 1 is 1.00 bits per heavy atom. The van der Waals surface area contributed by atoms with Crippen molar-refractivity contribution < 1.29 is 9.18 Å². The standard InChI is InChI=1S/C19H14Cl3FN4O/c20-14-2-1-3-15(21)13(14)8-16(28)27-17-18(22)24-10-25-19(17)26-12-6-4-11(9-23)5-7-12/h1-7,10H,8-9H2,(H,27,28)(H,24,25,26). The average Bonchev–Trinajstić information content (AvgIpc) is 2.68. The Morgan fingerprint density at radius 2 is 1.68 bits per heavy atom. The first-order chi connectivity index (χ1) is 13.5. The molecule has 0 atom stereocenters. The van der Waals surface area contributed by atoms with E-state index >= 15 is 0 Å². The van der Waals surface area contributed by atoms with Gasteiger partial charge in [0.15, 0.2) is 11.0 Å². The molecule has 0 fully saturated rings. The van der Waals surface area contributed by atoms with Crippen LogP contribution in [0, 0.1) is 0 Å². The molecule has 9 heteroatoms. The Bertz CT molecular complexity index is 979. The fourth-order valence-corrected chi connectivity index (χ4v) is 3.14. The van der Waals surface area contributed by atoms with Crippen LogP contribution in [0.2, 0.25) is 15.2 Å². The van der Waals surface area contributed by atoms with E-state index in [1.54, 1.807) is 42.5 Å². The molecule has 0 unspecified atom stereocenters. The number of alkyl halides is 1. The Labute approximate surface area is 175 Å². The van der Waals surface area contributed by atoms with Gasteiger partial charge < -0.3 is 10.6 Å². The van der Waals surface area contributed by atoms with Crippen LogP contribution in [0.1, 0.15) is 11.1 Å². The van der Waals surface area contributed by atoms with Gasteiger partial charge >= 0.3 is 0 Å². The third kappa shape index (κ3) is 4.90. The monoisotopic (exact) mass is 438 g/mol. The van der Waals surface area contributed by atoms with Crippen molar-refractivity contribution in [2.24, 2.45) is 0 Å². The summed E-state index contributed by atoms with van der Waals surface area (Å²) in [4.78, 5) is 20.5.